The molecule has 0 unspecified atom stereocenters. The van der Waals surface area contributed by atoms with Crippen molar-refractivity contribution in [2.75, 3.05) is 0 Å². The smallest absolute Gasteiger partial charge is 0.162 e. The number of carbonyl (C=O) groups excluding carboxylic acids is 1. The Morgan fingerprint density at radius 2 is 1.69 bits per heavy atom. The van der Waals surface area contributed by atoms with Gasteiger partial charge in [0.2, 0.25) is 0 Å². The second kappa shape index (κ2) is 8.62. The zero-order valence-corrected chi connectivity index (χ0v) is 15.9. The van der Waals surface area contributed by atoms with Crippen molar-refractivity contribution >= 4 is 5.78 Å². The van der Waals surface area contributed by atoms with Gasteiger partial charge in [0.05, 0.1) is 0 Å². The number of rotatable bonds is 6. The number of Topliss-reactive ketones (excluding diaryl/α,β-unsaturated/α-hetero) is 1. The van der Waals surface area contributed by atoms with E-state index >= 15 is 4.39 Å². The van der Waals surface area contributed by atoms with E-state index in [1.807, 2.05) is 49.4 Å². The number of hydrogen-bond donors (Lipinski definition) is 0. The molecule has 1 saturated carbocycles. The number of halogens is 1. The Kier molecular flexibility index (Phi) is 6.24. The van der Waals surface area contributed by atoms with Crippen LogP contribution in [0.2, 0.25) is 0 Å². The van der Waals surface area contributed by atoms with Crippen LogP contribution < -0.4 is 0 Å². The van der Waals surface area contributed by atoms with Gasteiger partial charge in [-0.25, -0.2) is 4.39 Å². The molecule has 1 aliphatic rings. The lowest BCUT2D eigenvalue weighted by atomic mass is 9.76. The monoisotopic (exact) mass is 352 g/mol. The molecule has 1 aliphatic carbocycles. The molecule has 0 aromatic heterocycles. The molecule has 0 spiro atoms. The summed E-state index contributed by atoms with van der Waals surface area (Å²) in [7, 11) is 0. The fourth-order valence-corrected chi connectivity index (χ4v) is 4.30. The molecule has 0 bridgehead atoms. The number of ketones is 1. The van der Waals surface area contributed by atoms with Crippen molar-refractivity contribution in [2.45, 2.75) is 64.7 Å². The quantitative estimate of drug-likeness (QED) is 0.504. The first kappa shape index (κ1) is 18.8. The van der Waals surface area contributed by atoms with Crippen molar-refractivity contribution in [3.8, 4) is 11.1 Å². The highest BCUT2D eigenvalue weighted by atomic mass is 19.1. The molecule has 0 heterocycles. The average molecular weight is 352 g/mol. The molecule has 0 amide bonds. The van der Waals surface area contributed by atoms with Crippen molar-refractivity contribution in [3.05, 3.63) is 59.4 Å². The molecule has 2 aromatic carbocycles. The minimum atomic E-state index is -0.0824. The van der Waals surface area contributed by atoms with Crippen molar-refractivity contribution < 1.29 is 9.18 Å². The Balaban J connectivity index is 1.80. The Morgan fingerprint density at radius 3 is 2.31 bits per heavy atom. The van der Waals surface area contributed by atoms with Gasteiger partial charge in [0, 0.05) is 17.5 Å². The molecular weight excluding hydrogens is 323 g/mol. The van der Waals surface area contributed by atoms with E-state index in [0.717, 1.165) is 29.9 Å². The van der Waals surface area contributed by atoms with E-state index in [0.29, 0.717) is 23.5 Å². The van der Waals surface area contributed by atoms with Crippen LogP contribution in [0.3, 0.4) is 0 Å². The van der Waals surface area contributed by atoms with Crippen LogP contribution in [-0.4, -0.2) is 5.78 Å². The SMILES string of the molecule is CCCC1CCC(c2cccc(-c3ccc(C(=O)CC)cc3)c2F)CC1. The zero-order valence-electron chi connectivity index (χ0n) is 15.9. The summed E-state index contributed by atoms with van der Waals surface area (Å²) in [5, 5.41) is 0. The van der Waals surface area contributed by atoms with Crippen molar-refractivity contribution in [3.63, 3.8) is 0 Å². The average Bonchev–Trinajstić information content (AvgIpc) is 2.69. The standard InChI is InChI=1S/C24H29FO/c1-3-6-17-9-11-18(12-10-17)21-7-5-8-22(24(21)25)19-13-15-20(16-14-19)23(26)4-2/h5,7-8,13-18H,3-4,6,9-12H2,1-2H3. The molecule has 0 atom stereocenters. The maximum Gasteiger partial charge on any atom is 0.162 e. The highest BCUT2D eigenvalue weighted by Crippen LogP contribution is 2.40. The second-order valence-corrected chi connectivity index (χ2v) is 7.57. The third kappa shape index (κ3) is 4.06. The van der Waals surface area contributed by atoms with Crippen molar-refractivity contribution in [2.24, 2.45) is 5.92 Å². The van der Waals surface area contributed by atoms with Gasteiger partial charge < -0.3 is 0 Å². The second-order valence-electron chi connectivity index (χ2n) is 7.57. The van der Waals surface area contributed by atoms with Crippen LogP contribution in [-0.2, 0) is 0 Å². The Bertz CT molecular complexity index is 739. The lowest BCUT2D eigenvalue weighted by molar-refractivity contribution is 0.0988. The number of benzene rings is 2. The molecule has 1 fully saturated rings. The van der Waals surface area contributed by atoms with Gasteiger partial charge in [-0.2, -0.15) is 0 Å². The molecule has 2 aromatic rings. The van der Waals surface area contributed by atoms with E-state index < -0.39 is 0 Å². The number of carbonyl (C=O) groups is 1. The van der Waals surface area contributed by atoms with Crippen LogP contribution >= 0.6 is 0 Å². The lowest BCUT2D eigenvalue weighted by Gasteiger charge is -2.29. The van der Waals surface area contributed by atoms with Gasteiger partial charge in [-0.05, 0) is 48.6 Å². The maximum atomic E-state index is 15.2. The Labute approximate surface area is 156 Å². The van der Waals surface area contributed by atoms with Crippen LogP contribution in [0.1, 0.15) is 80.6 Å². The third-order valence-electron chi connectivity index (χ3n) is 5.85. The van der Waals surface area contributed by atoms with E-state index in [-0.39, 0.29) is 11.6 Å². The lowest BCUT2D eigenvalue weighted by Crippen LogP contribution is -2.14. The molecule has 1 nitrogen and oxygen atoms in total. The summed E-state index contributed by atoms with van der Waals surface area (Å²) in [5.41, 5.74) is 3.05. The van der Waals surface area contributed by atoms with Gasteiger partial charge >= 0.3 is 0 Å². The topological polar surface area (TPSA) is 17.1 Å². The van der Waals surface area contributed by atoms with Crippen LogP contribution in [0.25, 0.3) is 11.1 Å². The maximum absolute atomic E-state index is 15.2. The molecule has 0 radical (unpaired) electrons. The van der Waals surface area contributed by atoms with Gasteiger partial charge in [-0.15, -0.1) is 0 Å². The summed E-state index contributed by atoms with van der Waals surface area (Å²) in [5.74, 6) is 1.20. The minimum absolute atomic E-state index is 0.0824. The van der Waals surface area contributed by atoms with Crippen LogP contribution in [0, 0.1) is 11.7 Å². The largest absolute Gasteiger partial charge is 0.294 e. The minimum Gasteiger partial charge on any atom is -0.294 e. The molecule has 0 saturated heterocycles. The summed E-state index contributed by atoms with van der Waals surface area (Å²) >= 11 is 0. The predicted molar refractivity (Wildman–Crippen MR) is 106 cm³/mol. The third-order valence-corrected chi connectivity index (χ3v) is 5.85. The van der Waals surface area contributed by atoms with Gasteiger partial charge in [-0.3, -0.25) is 4.79 Å². The first-order chi connectivity index (χ1) is 12.6. The summed E-state index contributed by atoms with van der Waals surface area (Å²) in [6, 6.07) is 13.1. The van der Waals surface area contributed by atoms with E-state index in [9.17, 15) is 4.79 Å². The van der Waals surface area contributed by atoms with Crippen molar-refractivity contribution in [1.82, 2.24) is 0 Å². The van der Waals surface area contributed by atoms with E-state index in [4.69, 9.17) is 0 Å². The highest BCUT2D eigenvalue weighted by Gasteiger charge is 2.25. The molecule has 2 heteroatoms. The molecule has 0 aliphatic heterocycles. The highest BCUT2D eigenvalue weighted by molar-refractivity contribution is 5.96. The van der Waals surface area contributed by atoms with Crippen molar-refractivity contribution in [1.29, 1.82) is 0 Å². The molecule has 138 valence electrons. The van der Waals surface area contributed by atoms with Crippen LogP contribution in [0.5, 0.6) is 0 Å². The summed E-state index contributed by atoms with van der Waals surface area (Å²) in [4.78, 5) is 11.8. The van der Waals surface area contributed by atoms with Crippen LogP contribution in [0.4, 0.5) is 4.39 Å². The van der Waals surface area contributed by atoms with Gasteiger partial charge in [0.25, 0.3) is 0 Å². The van der Waals surface area contributed by atoms with Gasteiger partial charge in [0.15, 0.2) is 5.78 Å². The summed E-state index contributed by atoms with van der Waals surface area (Å²) < 4.78 is 15.2. The summed E-state index contributed by atoms with van der Waals surface area (Å²) in [6.45, 7) is 4.10. The van der Waals surface area contributed by atoms with Gasteiger partial charge in [-0.1, -0.05) is 69.2 Å². The Morgan fingerprint density at radius 1 is 1.00 bits per heavy atom. The Hall–Kier alpha value is -1.96. The van der Waals surface area contributed by atoms with Crippen LogP contribution in [0.15, 0.2) is 42.5 Å². The number of hydrogen-bond acceptors (Lipinski definition) is 1. The fraction of sp³-hybridized carbons (Fsp3) is 0.458. The first-order valence-electron chi connectivity index (χ1n) is 10.1. The fourth-order valence-electron chi connectivity index (χ4n) is 4.30. The molecular formula is C24H29FO. The molecule has 26 heavy (non-hydrogen) atoms. The summed E-state index contributed by atoms with van der Waals surface area (Å²) in [6.07, 6.45) is 7.66. The van der Waals surface area contributed by atoms with E-state index in [1.54, 1.807) is 0 Å². The molecule has 3 rings (SSSR count). The van der Waals surface area contributed by atoms with E-state index in [2.05, 4.69) is 6.92 Å². The molecule has 0 N–H and O–H groups in total. The zero-order chi connectivity index (χ0) is 18.5. The normalized spacial score (nSPS) is 20.1. The first-order valence-corrected chi connectivity index (χ1v) is 10.1. The van der Waals surface area contributed by atoms with Gasteiger partial charge in [0.1, 0.15) is 5.82 Å². The van der Waals surface area contributed by atoms with E-state index in [1.165, 1.54) is 25.7 Å². The predicted octanol–water partition coefficient (Wildman–Crippen LogP) is 7.16.